The number of hydrogen-bond acceptors (Lipinski definition) is 3. The Balaban J connectivity index is 1.65. The number of ether oxygens (including phenoxy) is 1. The van der Waals surface area contributed by atoms with Gasteiger partial charge in [0, 0.05) is 28.7 Å². The fraction of sp³-hybridized carbons (Fsp3) is 0.625. The highest BCUT2D eigenvalue weighted by atomic mass is 79.9. The second-order valence-electron chi connectivity index (χ2n) is 5.88. The molecule has 5 heteroatoms. The highest BCUT2D eigenvalue weighted by Gasteiger charge is 2.21. The average Bonchev–Trinajstić information content (AvgIpc) is 3.25. The molecule has 21 heavy (non-hydrogen) atoms. The third-order valence-corrected chi connectivity index (χ3v) is 4.67. The van der Waals surface area contributed by atoms with E-state index in [1.165, 1.54) is 12.8 Å². The number of halogens is 2. The van der Waals surface area contributed by atoms with E-state index in [0.29, 0.717) is 0 Å². The smallest absolute Gasteiger partial charge is 0.0593 e. The summed E-state index contributed by atoms with van der Waals surface area (Å²) in [5, 5.41) is 0.729. The molecule has 0 spiro atoms. The van der Waals surface area contributed by atoms with E-state index in [0.717, 1.165) is 53.7 Å². The lowest BCUT2D eigenvalue weighted by Crippen LogP contribution is -2.27. The molecule has 1 aliphatic carbocycles. The number of benzene rings is 1. The molecule has 2 rings (SSSR count). The fourth-order valence-electron chi connectivity index (χ4n) is 2.18. The predicted octanol–water partition coefficient (Wildman–Crippen LogP) is 3.85. The average molecular weight is 376 g/mol. The molecule has 1 aliphatic rings. The van der Waals surface area contributed by atoms with Gasteiger partial charge in [-0.05, 0) is 56.5 Å². The molecule has 0 heterocycles. The topological polar surface area (TPSA) is 38.5 Å². The molecule has 118 valence electrons. The second kappa shape index (κ2) is 8.49. The largest absolute Gasteiger partial charge is 0.380 e. The first-order chi connectivity index (χ1) is 10.1. The lowest BCUT2D eigenvalue weighted by Gasteiger charge is -2.20. The zero-order valence-corrected chi connectivity index (χ0v) is 14.9. The summed E-state index contributed by atoms with van der Waals surface area (Å²) in [5.74, 6) is 0.836. The molecule has 1 aromatic rings. The van der Waals surface area contributed by atoms with Crippen molar-refractivity contribution in [2.75, 3.05) is 33.4 Å². The molecule has 3 nitrogen and oxygen atoms in total. The summed E-state index contributed by atoms with van der Waals surface area (Å²) in [7, 11) is 2.11. The predicted molar refractivity (Wildman–Crippen MR) is 91.7 cm³/mol. The molecular weight excluding hydrogens is 352 g/mol. The Labute approximate surface area is 140 Å². The Morgan fingerprint density at radius 2 is 2.19 bits per heavy atom. The van der Waals surface area contributed by atoms with Gasteiger partial charge in [0.2, 0.25) is 0 Å². The molecule has 1 fully saturated rings. The third kappa shape index (κ3) is 6.25. The molecule has 0 saturated heterocycles. The SMILES string of the molecule is CN(CCOCC1CC1)CCC(N)c1ccc(Br)cc1Cl. The van der Waals surface area contributed by atoms with Crippen molar-refractivity contribution in [1.29, 1.82) is 0 Å². The summed E-state index contributed by atoms with van der Waals surface area (Å²) in [6.07, 6.45) is 3.58. The lowest BCUT2D eigenvalue weighted by atomic mass is 10.0. The molecule has 0 amide bonds. The minimum atomic E-state index is -0.0274. The molecule has 1 saturated carbocycles. The number of nitrogens with two attached hydrogens (primary N) is 1. The van der Waals surface area contributed by atoms with Gasteiger partial charge in [0.1, 0.15) is 0 Å². The Bertz CT molecular complexity index is 454. The maximum atomic E-state index is 6.24. The van der Waals surface area contributed by atoms with Crippen molar-refractivity contribution in [2.45, 2.75) is 25.3 Å². The molecule has 1 aromatic carbocycles. The van der Waals surface area contributed by atoms with Gasteiger partial charge in [-0.3, -0.25) is 0 Å². The van der Waals surface area contributed by atoms with Crippen molar-refractivity contribution in [3.05, 3.63) is 33.3 Å². The number of hydrogen-bond donors (Lipinski definition) is 1. The van der Waals surface area contributed by atoms with Crippen molar-refractivity contribution in [3.63, 3.8) is 0 Å². The van der Waals surface area contributed by atoms with Crippen LogP contribution in [-0.4, -0.2) is 38.3 Å². The summed E-state index contributed by atoms with van der Waals surface area (Å²) in [6, 6.07) is 5.85. The minimum absolute atomic E-state index is 0.0274. The van der Waals surface area contributed by atoms with Crippen LogP contribution < -0.4 is 5.73 Å². The van der Waals surface area contributed by atoms with E-state index in [1.807, 2.05) is 18.2 Å². The molecular formula is C16H24BrClN2O. The molecule has 0 bridgehead atoms. The van der Waals surface area contributed by atoms with Crippen molar-refractivity contribution >= 4 is 27.5 Å². The zero-order chi connectivity index (χ0) is 15.2. The van der Waals surface area contributed by atoms with E-state index < -0.39 is 0 Å². The van der Waals surface area contributed by atoms with Gasteiger partial charge in [-0.1, -0.05) is 33.6 Å². The van der Waals surface area contributed by atoms with E-state index in [4.69, 9.17) is 22.1 Å². The van der Waals surface area contributed by atoms with E-state index in [2.05, 4.69) is 27.9 Å². The van der Waals surface area contributed by atoms with Crippen LogP contribution in [0.3, 0.4) is 0 Å². The molecule has 0 aliphatic heterocycles. The van der Waals surface area contributed by atoms with E-state index in [9.17, 15) is 0 Å². The third-order valence-electron chi connectivity index (χ3n) is 3.85. The van der Waals surface area contributed by atoms with Gasteiger partial charge in [0.25, 0.3) is 0 Å². The fourth-order valence-corrected chi connectivity index (χ4v) is 3.00. The molecule has 0 radical (unpaired) electrons. The number of nitrogens with zero attached hydrogens (tertiary/aromatic N) is 1. The summed E-state index contributed by atoms with van der Waals surface area (Å²) in [6.45, 7) is 3.64. The van der Waals surface area contributed by atoms with Gasteiger partial charge in [0.05, 0.1) is 6.61 Å². The summed E-state index contributed by atoms with van der Waals surface area (Å²) >= 11 is 9.64. The van der Waals surface area contributed by atoms with Gasteiger partial charge in [-0.15, -0.1) is 0 Å². The maximum absolute atomic E-state index is 6.24. The summed E-state index contributed by atoms with van der Waals surface area (Å²) < 4.78 is 6.63. The lowest BCUT2D eigenvalue weighted by molar-refractivity contribution is 0.103. The van der Waals surface area contributed by atoms with Crippen molar-refractivity contribution in [2.24, 2.45) is 11.7 Å². The summed E-state index contributed by atoms with van der Waals surface area (Å²) in [4.78, 5) is 2.26. The van der Waals surface area contributed by atoms with E-state index >= 15 is 0 Å². The van der Waals surface area contributed by atoms with Crippen molar-refractivity contribution < 1.29 is 4.74 Å². The maximum Gasteiger partial charge on any atom is 0.0593 e. The van der Waals surface area contributed by atoms with Gasteiger partial charge < -0.3 is 15.4 Å². The normalized spacial score (nSPS) is 16.4. The first-order valence-corrected chi connectivity index (χ1v) is 8.70. The first-order valence-electron chi connectivity index (χ1n) is 7.53. The monoisotopic (exact) mass is 374 g/mol. The van der Waals surface area contributed by atoms with Gasteiger partial charge in [0.15, 0.2) is 0 Å². The van der Waals surface area contributed by atoms with Crippen LogP contribution in [-0.2, 0) is 4.74 Å². The van der Waals surface area contributed by atoms with Crippen LogP contribution in [0.15, 0.2) is 22.7 Å². The standard InChI is InChI=1S/C16H24BrClN2O/c1-20(8-9-21-11-12-2-3-12)7-6-16(19)14-5-4-13(17)10-15(14)18/h4-5,10,12,16H,2-3,6-9,11,19H2,1H3. The van der Waals surface area contributed by atoms with E-state index in [-0.39, 0.29) is 6.04 Å². The second-order valence-corrected chi connectivity index (χ2v) is 7.21. The first kappa shape index (κ1) is 17.2. The summed E-state index contributed by atoms with van der Waals surface area (Å²) in [5.41, 5.74) is 7.25. The van der Waals surface area contributed by atoms with E-state index in [1.54, 1.807) is 0 Å². The van der Waals surface area contributed by atoms with Crippen LogP contribution in [0, 0.1) is 5.92 Å². The van der Waals surface area contributed by atoms with Gasteiger partial charge in [-0.25, -0.2) is 0 Å². The van der Waals surface area contributed by atoms with Crippen LogP contribution in [0.4, 0.5) is 0 Å². The van der Waals surface area contributed by atoms with Crippen LogP contribution in [0.2, 0.25) is 5.02 Å². The van der Waals surface area contributed by atoms with Crippen LogP contribution >= 0.6 is 27.5 Å². The molecule has 1 atom stereocenters. The Morgan fingerprint density at radius 1 is 1.43 bits per heavy atom. The quantitative estimate of drug-likeness (QED) is 0.666. The molecule has 1 unspecified atom stereocenters. The number of likely N-dealkylation sites (N-methyl/N-ethyl adjacent to an activating group) is 1. The Morgan fingerprint density at radius 3 is 2.86 bits per heavy atom. The van der Waals surface area contributed by atoms with Crippen molar-refractivity contribution in [3.8, 4) is 0 Å². The zero-order valence-electron chi connectivity index (χ0n) is 12.5. The molecule has 0 aromatic heterocycles. The van der Waals surface area contributed by atoms with Gasteiger partial charge in [-0.2, -0.15) is 0 Å². The van der Waals surface area contributed by atoms with Gasteiger partial charge >= 0.3 is 0 Å². The number of rotatable bonds is 9. The van der Waals surface area contributed by atoms with Crippen molar-refractivity contribution in [1.82, 2.24) is 4.90 Å². The highest BCUT2D eigenvalue weighted by Crippen LogP contribution is 2.29. The highest BCUT2D eigenvalue weighted by molar-refractivity contribution is 9.10. The minimum Gasteiger partial charge on any atom is -0.380 e. The Kier molecular flexibility index (Phi) is 6.96. The van der Waals surface area contributed by atoms with Crippen LogP contribution in [0.1, 0.15) is 30.9 Å². The molecule has 2 N–H and O–H groups in total. The van der Waals surface area contributed by atoms with Crippen LogP contribution in [0.25, 0.3) is 0 Å². The van der Waals surface area contributed by atoms with Crippen LogP contribution in [0.5, 0.6) is 0 Å². The Hall–Kier alpha value is -0.130.